The number of carboxylic acid groups (broad SMARTS) is 1. The van der Waals surface area contributed by atoms with Crippen LogP contribution in [0.2, 0.25) is 0 Å². The number of nitrogens with zero attached hydrogens (tertiary/aromatic N) is 1. The summed E-state index contributed by atoms with van der Waals surface area (Å²) in [5, 5.41) is 14.2. The largest absolute Gasteiger partial charge is 0.480 e. The molecule has 1 saturated heterocycles. The fourth-order valence-corrected chi connectivity index (χ4v) is 2.74. The Morgan fingerprint density at radius 1 is 1.26 bits per heavy atom. The Labute approximate surface area is 116 Å². The number of thioether (sulfide) groups is 1. The Morgan fingerprint density at radius 2 is 1.89 bits per heavy atom. The lowest BCUT2D eigenvalue weighted by Crippen LogP contribution is -2.53. The maximum Gasteiger partial charge on any atom is 0.327 e. The first-order valence-electron chi connectivity index (χ1n) is 6.01. The lowest BCUT2D eigenvalue weighted by atomic mass is 10.2. The second kappa shape index (κ2) is 6.65. The molecule has 1 aliphatic rings. The van der Waals surface area contributed by atoms with Gasteiger partial charge in [0.15, 0.2) is 0 Å². The van der Waals surface area contributed by atoms with E-state index in [9.17, 15) is 14.4 Å². The van der Waals surface area contributed by atoms with Crippen molar-refractivity contribution in [2.45, 2.75) is 38.9 Å². The first-order valence-corrected chi connectivity index (χ1v) is 7.16. The number of nitrogens with one attached hydrogen (secondary N) is 2. The van der Waals surface area contributed by atoms with Crippen LogP contribution in [0.5, 0.6) is 0 Å². The number of rotatable bonds is 4. The number of carboxylic acids is 1. The smallest absolute Gasteiger partial charge is 0.327 e. The molecule has 0 spiro atoms. The molecule has 0 aromatic rings. The molecule has 3 amide bonds. The van der Waals surface area contributed by atoms with Gasteiger partial charge in [0.25, 0.3) is 0 Å². The van der Waals surface area contributed by atoms with Crippen molar-refractivity contribution in [3.05, 3.63) is 0 Å². The Bertz CT molecular complexity index is 375. The molecule has 0 aromatic heterocycles. The second-order valence-corrected chi connectivity index (χ2v) is 5.66. The summed E-state index contributed by atoms with van der Waals surface area (Å²) < 4.78 is 0. The minimum absolute atomic E-state index is 0.0130. The average Bonchev–Trinajstić information content (AvgIpc) is 2.76. The van der Waals surface area contributed by atoms with Crippen molar-refractivity contribution in [1.29, 1.82) is 0 Å². The highest BCUT2D eigenvalue weighted by molar-refractivity contribution is 7.99. The summed E-state index contributed by atoms with van der Waals surface area (Å²) in [7, 11) is 0. The van der Waals surface area contributed by atoms with Gasteiger partial charge < -0.3 is 20.6 Å². The monoisotopic (exact) mass is 289 g/mol. The zero-order valence-corrected chi connectivity index (χ0v) is 12.0. The zero-order chi connectivity index (χ0) is 14.6. The van der Waals surface area contributed by atoms with E-state index in [-0.39, 0.29) is 11.9 Å². The van der Waals surface area contributed by atoms with Gasteiger partial charge in [0.1, 0.15) is 12.1 Å². The van der Waals surface area contributed by atoms with Gasteiger partial charge in [0, 0.05) is 11.8 Å². The molecule has 3 N–H and O–H groups in total. The number of hydrogen-bond acceptors (Lipinski definition) is 4. The minimum atomic E-state index is -1.03. The molecule has 8 heteroatoms. The molecule has 1 unspecified atom stereocenters. The molecule has 1 aliphatic heterocycles. The van der Waals surface area contributed by atoms with Crippen LogP contribution in [0.1, 0.15) is 20.8 Å². The predicted molar refractivity (Wildman–Crippen MR) is 71.9 cm³/mol. The zero-order valence-electron chi connectivity index (χ0n) is 11.2. The summed E-state index contributed by atoms with van der Waals surface area (Å²) in [6, 6.07) is -2.06. The first kappa shape index (κ1) is 15.6. The summed E-state index contributed by atoms with van der Waals surface area (Å²) in [5.41, 5.74) is 0. The van der Waals surface area contributed by atoms with E-state index in [1.165, 1.54) is 16.7 Å². The molecule has 0 aliphatic carbocycles. The van der Waals surface area contributed by atoms with Crippen LogP contribution in [0.25, 0.3) is 0 Å². The average molecular weight is 289 g/mol. The molecule has 108 valence electrons. The van der Waals surface area contributed by atoms with Crippen molar-refractivity contribution in [3.63, 3.8) is 0 Å². The molecule has 0 aromatic carbocycles. The second-order valence-electron chi connectivity index (χ2n) is 4.66. The summed E-state index contributed by atoms with van der Waals surface area (Å²) in [6.45, 7) is 5.21. The molecule has 1 rings (SSSR count). The Morgan fingerprint density at radius 3 is 2.42 bits per heavy atom. The Hall–Kier alpha value is -1.44. The highest BCUT2D eigenvalue weighted by Gasteiger charge is 2.35. The van der Waals surface area contributed by atoms with Crippen molar-refractivity contribution in [3.8, 4) is 0 Å². The van der Waals surface area contributed by atoms with E-state index in [1.807, 2.05) is 13.8 Å². The van der Waals surface area contributed by atoms with E-state index < -0.39 is 24.1 Å². The van der Waals surface area contributed by atoms with E-state index in [1.54, 1.807) is 6.92 Å². The summed E-state index contributed by atoms with van der Waals surface area (Å²) >= 11 is 1.38. The molecule has 7 nitrogen and oxygen atoms in total. The normalized spacial score (nSPS) is 20.2. The van der Waals surface area contributed by atoms with Crippen LogP contribution in [0.4, 0.5) is 4.79 Å². The van der Waals surface area contributed by atoms with Crippen molar-refractivity contribution in [2.24, 2.45) is 0 Å². The summed E-state index contributed by atoms with van der Waals surface area (Å²) in [4.78, 5) is 35.8. The third-order valence-corrected chi connectivity index (χ3v) is 3.60. The lowest BCUT2D eigenvalue weighted by molar-refractivity contribution is -0.140. The standard InChI is InChI=1S/C11H19N3O4S/c1-6(2)12-9(15)7(3)13-11(18)14-5-19-4-8(14)10(16)17/h6-8H,4-5H2,1-3H3,(H,12,15)(H,13,18)(H,16,17)/t7?,8-/m0/s1. The van der Waals surface area contributed by atoms with Crippen LogP contribution in [0.15, 0.2) is 0 Å². The van der Waals surface area contributed by atoms with Gasteiger partial charge in [-0.2, -0.15) is 0 Å². The molecular weight excluding hydrogens is 270 g/mol. The number of carbonyl (C=O) groups excluding carboxylic acids is 2. The van der Waals surface area contributed by atoms with Gasteiger partial charge in [-0.15, -0.1) is 11.8 Å². The van der Waals surface area contributed by atoms with Crippen molar-refractivity contribution in [1.82, 2.24) is 15.5 Å². The summed E-state index contributed by atoms with van der Waals surface area (Å²) in [6.07, 6.45) is 0. The molecule has 0 bridgehead atoms. The van der Waals surface area contributed by atoms with Gasteiger partial charge in [-0.25, -0.2) is 9.59 Å². The molecule has 19 heavy (non-hydrogen) atoms. The maximum atomic E-state index is 11.9. The van der Waals surface area contributed by atoms with Gasteiger partial charge >= 0.3 is 12.0 Å². The number of hydrogen-bond donors (Lipinski definition) is 3. The van der Waals surface area contributed by atoms with Crippen LogP contribution < -0.4 is 10.6 Å². The molecule has 0 radical (unpaired) electrons. The first-order chi connectivity index (χ1) is 8.82. The number of urea groups is 1. The van der Waals surface area contributed by atoms with Gasteiger partial charge in [0.2, 0.25) is 5.91 Å². The molecule has 1 heterocycles. The minimum Gasteiger partial charge on any atom is -0.480 e. The van der Waals surface area contributed by atoms with E-state index >= 15 is 0 Å². The van der Waals surface area contributed by atoms with Crippen LogP contribution in [0.3, 0.4) is 0 Å². The SMILES string of the molecule is CC(C)NC(=O)C(C)NC(=O)N1CSC[C@H]1C(=O)O. The van der Waals surface area contributed by atoms with Crippen LogP contribution in [0, 0.1) is 0 Å². The van der Waals surface area contributed by atoms with E-state index in [4.69, 9.17) is 5.11 Å². The van der Waals surface area contributed by atoms with Crippen molar-refractivity contribution >= 4 is 29.7 Å². The topological polar surface area (TPSA) is 98.7 Å². The predicted octanol–water partition coefficient (Wildman–Crippen LogP) is 0.0686. The molecule has 2 atom stereocenters. The molecular formula is C11H19N3O4S. The molecule has 0 saturated carbocycles. The number of aliphatic carboxylic acids is 1. The van der Waals surface area contributed by atoms with Gasteiger partial charge in [-0.3, -0.25) is 4.79 Å². The van der Waals surface area contributed by atoms with Gasteiger partial charge in [-0.05, 0) is 20.8 Å². The quantitative estimate of drug-likeness (QED) is 0.680. The molecule has 1 fully saturated rings. The lowest BCUT2D eigenvalue weighted by Gasteiger charge is -2.23. The van der Waals surface area contributed by atoms with Crippen LogP contribution >= 0.6 is 11.8 Å². The highest BCUT2D eigenvalue weighted by Crippen LogP contribution is 2.20. The van der Waals surface area contributed by atoms with Gasteiger partial charge in [0.05, 0.1) is 5.88 Å². The third kappa shape index (κ3) is 4.30. The fourth-order valence-electron chi connectivity index (χ4n) is 1.59. The maximum absolute atomic E-state index is 11.9. The van der Waals surface area contributed by atoms with Crippen LogP contribution in [-0.4, -0.2) is 57.7 Å². The van der Waals surface area contributed by atoms with Crippen LogP contribution in [-0.2, 0) is 9.59 Å². The van der Waals surface area contributed by atoms with E-state index in [0.717, 1.165) is 0 Å². The number of amides is 3. The van der Waals surface area contributed by atoms with Crippen molar-refractivity contribution in [2.75, 3.05) is 11.6 Å². The summed E-state index contributed by atoms with van der Waals surface area (Å²) in [5.74, 6) is -0.627. The number of carbonyl (C=O) groups is 3. The third-order valence-electron chi connectivity index (χ3n) is 2.59. The van der Waals surface area contributed by atoms with E-state index in [2.05, 4.69) is 10.6 Å². The van der Waals surface area contributed by atoms with Crippen molar-refractivity contribution < 1.29 is 19.5 Å². The Kier molecular flexibility index (Phi) is 5.46. The Balaban J connectivity index is 2.54. The van der Waals surface area contributed by atoms with Gasteiger partial charge in [-0.1, -0.05) is 0 Å². The highest BCUT2D eigenvalue weighted by atomic mass is 32.2. The fraction of sp³-hybridized carbons (Fsp3) is 0.727. The van der Waals surface area contributed by atoms with E-state index in [0.29, 0.717) is 11.6 Å².